The molecule has 232 valence electrons. The van der Waals surface area contributed by atoms with Gasteiger partial charge in [-0.25, -0.2) is 9.37 Å². The van der Waals surface area contributed by atoms with Gasteiger partial charge in [0.25, 0.3) is 5.56 Å². The number of aryl methyl sites for hydroxylation is 1. The van der Waals surface area contributed by atoms with Gasteiger partial charge in [-0.2, -0.15) is 0 Å². The highest BCUT2D eigenvalue weighted by atomic mass is 19.1. The summed E-state index contributed by atoms with van der Waals surface area (Å²) in [5.41, 5.74) is 5.92. The molecule has 10 heteroatoms. The number of pyridine rings is 2. The van der Waals surface area contributed by atoms with Crippen molar-refractivity contribution < 1.29 is 28.9 Å². The minimum Gasteiger partial charge on any atom is -0.400 e. The minimum absolute atomic E-state index is 0.0999. The van der Waals surface area contributed by atoms with E-state index in [1.165, 1.54) is 6.07 Å². The zero-order valence-corrected chi connectivity index (χ0v) is 25.6. The fourth-order valence-corrected chi connectivity index (χ4v) is 6.77. The number of carbonyl (C=O) groups excluding carboxylic acids is 2. The Labute approximate surface area is 251 Å². The number of hydrogen-bond acceptors (Lipinski definition) is 8. The fraction of sp³-hybridized carbons (Fsp3) is 0.515. The predicted octanol–water partition coefficient (Wildman–Crippen LogP) is 4.02. The van der Waals surface area contributed by atoms with E-state index in [2.05, 4.69) is 5.32 Å². The molecule has 6 rings (SSSR count). The lowest BCUT2D eigenvalue weighted by atomic mass is 9.82. The van der Waals surface area contributed by atoms with Crippen molar-refractivity contribution in [2.75, 3.05) is 21.3 Å². The summed E-state index contributed by atoms with van der Waals surface area (Å²) in [5.74, 6) is -0.648. The lowest BCUT2D eigenvalue weighted by Crippen LogP contribution is -2.27. The molecule has 43 heavy (non-hydrogen) atoms. The van der Waals surface area contributed by atoms with Crippen LogP contribution in [0.4, 0.5) is 4.39 Å². The molecule has 9 nitrogen and oxygen atoms in total. The molecule has 0 saturated heterocycles. The fourth-order valence-electron chi connectivity index (χ4n) is 6.77. The summed E-state index contributed by atoms with van der Waals surface area (Å²) in [5, 5.41) is 20.6. The summed E-state index contributed by atoms with van der Waals surface area (Å²) in [4.78, 5) is 40.4. The molecule has 3 aromatic rings. The van der Waals surface area contributed by atoms with Gasteiger partial charge in [-0.3, -0.25) is 4.79 Å². The van der Waals surface area contributed by atoms with Crippen molar-refractivity contribution >= 4 is 23.5 Å². The number of halogens is 1. The summed E-state index contributed by atoms with van der Waals surface area (Å²) in [6.45, 7) is 4.30. The van der Waals surface area contributed by atoms with E-state index in [0.717, 1.165) is 61.2 Å². The van der Waals surface area contributed by atoms with Crippen LogP contribution in [0.3, 0.4) is 0 Å². The minimum atomic E-state index is -0.944. The molecular formula is C33H42FN3O6. The van der Waals surface area contributed by atoms with Crippen LogP contribution in [0.5, 0.6) is 0 Å². The third-order valence-electron chi connectivity index (χ3n) is 9.10. The van der Waals surface area contributed by atoms with E-state index in [-0.39, 0.29) is 24.0 Å². The number of nitrogens with zero attached hydrogens (tertiary/aromatic N) is 2. The number of aliphatic hydroxyl groups excluding tert-OH is 1. The number of benzene rings is 1. The van der Waals surface area contributed by atoms with Crippen molar-refractivity contribution in [1.29, 1.82) is 0 Å². The van der Waals surface area contributed by atoms with Gasteiger partial charge < -0.3 is 34.4 Å². The summed E-state index contributed by atoms with van der Waals surface area (Å²) in [7, 11) is 4.48. The second-order valence-electron chi connectivity index (χ2n) is 11.5. The Morgan fingerprint density at radius 1 is 1.23 bits per heavy atom. The monoisotopic (exact) mass is 595 g/mol. The molecule has 1 aromatic carbocycles. The second kappa shape index (κ2) is 13.5. The third kappa shape index (κ3) is 5.81. The van der Waals surface area contributed by atoms with Crippen molar-refractivity contribution in [2.45, 2.75) is 89.5 Å². The average Bonchev–Trinajstić information content (AvgIpc) is 3.63. The number of aliphatic hydroxyl groups is 2. The average molecular weight is 596 g/mol. The number of ether oxygens (including phenoxy) is 1. The molecule has 3 aliphatic rings. The molecule has 1 aliphatic heterocycles. The van der Waals surface area contributed by atoms with Gasteiger partial charge in [-0.15, -0.1) is 0 Å². The number of carbonyl (C=O) groups is 2. The van der Waals surface area contributed by atoms with Gasteiger partial charge in [0, 0.05) is 48.8 Å². The van der Waals surface area contributed by atoms with Crippen molar-refractivity contribution in [2.24, 2.45) is 0 Å². The quantitative estimate of drug-likeness (QED) is 0.273. The molecule has 3 N–H and O–H groups in total. The van der Waals surface area contributed by atoms with Crippen LogP contribution in [0, 0.1) is 12.7 Å². The molecule has 1 saturated carbocycles. The Morgan fingerprint density at radius 2 is 1.93 bits per heavy atom. The largest absolute Gasteiger partial charge is 0.400 e. The van der Waals surface area contributed by atoms with Gasteiger partial charge in [-0.05, 0) is 74.4 Å². The first-order chi connectivity index (χ1) is 20.7. The number of fused-ring (bicyclic) bond motifs is 4. The van der Waals surface area contributed by atoms with E-state index in [0.29, 0.717) is 65.7 Å². The van der Waals surface area contributed by atoms with E-state index >= 15 is 0 Å². The first-order valence-electron chi connectivity index (χ1n) is 14.9. The lowest BCUT2D eigenvalue weighted by molar-refractivity contribution is -0.123. The van der Waals surface area contributed by atoms with Crippen molar-refractivity contribution in [3.8, 4) is 11.4 Å². The molecule has 0 spiro atoms. The number of hydrogen-bond donors (Lipinski definition) is 3. The molecular weight excluding hydrogens is 553 g/mol. The van der Waals surface area contributed by atoms with Crippen molar-refractivity contribution in [3.63, 3.8) is 0 Å². The molecule has 1 fully saturated rings. The van der Waals surface area contributed by atoms with Gasteiger partial charge in [0.2, 0.25) is 0 Å². The van der Waals surface area contributed by atoms with Crippen LogP contribution in [0.2, 0.25) is 0 Å². The Kier molecular flexibility index (Phi) is 10.3. The lowest BCUT2D eigenvalue weighted by Gasteiger charge is -2.28. The van der Waals surface area contributed by atoms with Crippen LogP contribution < -0.4 is 10.9 Å². The van der Waals surface area contributed by atoms with Crippen molar-refractivity contribution in [3.05, 3.63) is 61.7 Å². The van der Waals surface area contributed by atoms with Gasteiger partial charge in [0.1, 0.15) is 17.7 Å². The van der Waals surface area contributed by atoms with Crippen LogP contribution in [-0.4, -0.2) is 59.2 Å². The molecule has 0 radical (unpaired) electrons. The zero-order valence-electron chi connectivity index (χ0n) is 25.6. The number of aromatic nitrogens is 2. The first-order valence-corrected chi connectivity index (χ1v) is 14.9. The number of rotatable bonds is 7. The number of methoxy groups -OCH3 is 1. The SMILES string of the molecule is CCC(C=O)c1cc2n(c(=O)c1COC)Cc1c-2nc2cc(F)c(C)c3c2c1C(NC)CC3.CO.O=CC1(O)CCCC1. The Balaban J connectivity index is 0.000000364. The summed E-state index contributed by atoms with van der Waals surface area (Å²) >= 11 is 0. The van der Waals surface area contributed by atoms with E-state index in [1.54, 1.807) is 11.7 Å². The zero-order chi connectivity index (χ0) is 31.5. The molecule has 2 aliphatic carbocycles. The van der Waals surface area contributed by atoms with Crippen LogP contribution in [-0.2, 0) is 33.9 Å². The molecule has 2 atom stereocenters. The molecule has 0 bridgehead atoms. The van der Waals surface area contributed by atoms with E-state index < -0.39 is 11.5 Å². The highest BCUT2D eigenvalue weighted by Gasteiger charge is 2.34. The predicted molar refractivity (Wildman–Crippen MR) is 163 cm³/mol. The van der Waals surface area contributed by atoms with Gasteiger partial charge in [0.05, 0.1) is 30.1 Å². The Hall–Kier alpha value is -3.31. The summed E-state index contributed by atoms with van der Waals surface area (Å²) < 4.78 is 21.8. The first kappa shape index (κ1) is 32.6. The summed E-state index contributed by atoms with van der Waals surface area (Å²) in [6.07, 6.45) is 7.10. The maximum Gasteiger partial charge on any atom is 0.257 e. The smallest absolute Gasteiger partial charge is 0.257 e. The number of aldehydes is 2. The van der Waals surface area contributed by atoms with E-state index in [4.69, 9.17) is 19.9 Å². The van der Waals surface area contributed by atoms with Gasteiger partial charge >= 0.3 is 0 Å². The van der Waals surface area contributed by atoms with E-state index in [1.807, 2.05) is 27.0 Å². The third-order valence-corrected chi connectivity index (χ3v) is 9.10. The van der Waals surface area contributed by atoms with Crippen LogP contribution >= 0.6 is 0 Å². The second-order valence-corrected chi connectivity index (χ2v) is 11.5. The topological polar surface area (TPSA) is 131 Å². The molecule has 3 heterocycles. The van der Waals surface area contributed by atoms with E-state index in [9.17, 15) is 18.8 Å². The highest BCUT2D eigenvalue weighted by molar-refractivity contribution is 5.93. The maximum absolute atomic E-state index is 14.8. The van der Waals surface area contributed by atoms with Crippen LogP contribution in [0.25, 0.3) is 22.3 Å². The van der Waals surface area contributed by atoms with Crippen LogP contribution in [0.15, 0.2) is 16.9 Å². The highest BCUT2D eigenvalue weighted by Crippen LogP contribution is 2.45. The van der Waals surface area contributed by atoms with Gasteiger partial charge in [-0.1, -0.05) is 19.8 Å². The Bertz CT molecular complexity index is 1580. The Morgan fingerprint density at radius 3 is 2.49 bits per heavy atom. The molecule has 2 aromatic heterocycles. The maximum atomic E-state index is 14.8. The molecule has 2 unspecified atom stereocenters. The number of nitrogens with one attached hydrogen (secondary N) is 1. The normalized spacial score (nSPS) is 18.1. The standard InChI is InChI=1S/C26H28FN3O3.C6H10O2.CH4O/c1-5-14(11-31)16-8-22-25-17(10-30(22)26(32)18(16)12-33-4)24-20(28-3)7-6-15-13(2)19(27)9-21(29-25)23(15)24;7-5-6(8)3-1-2-4-6;1-2/h8-9,11,14,20,28H,5-7,10,12H2,1-4H3;5,8H,1-4H2;2H,1H3. The van der Waals surface area contributed by atoms with Crippen molar-refractivity contribution in [1.82, 2.24) is 14.9 Å². The summed E-state index contributed by atoms with van der Waals surface area (Å²) in [6, 6.07) is 3.53. The van der Waals surface area contributed by atoms with Gasteiger partial charge in [0.15, 0.2) is 6.29 Å². The molecule has 0 amide bonds. The van der Waals surface area contributed by atoms with Crippen LogP contribution in [0.1, 0.15) is 90.8 Å².